The summed E-state index contributed by atoms with van der Waals surface area (Å²) in [5.41, 5.74) is -0.568. The fraction of sp³-hybridized carbons (Fsp3) is 0.450. The van der Waals surface area contributed by atoms with Crippen LogP contribution >= 0.6 is 0 Å². The molecule has 2 aromatic carbocycles. The Labute approximate surface area is 158 Å². The van der Waals surface area contributed by atoms with E-state index in [4.69, 9.17) is 0 Å². The molecule has 7 nitrogen and oxygen atoms in total. The SMILES string of the molecule is CCC(C)CC(C)Nc1c(Nc2cccc(C(=O)N(C)C)c2O)c(=O)c1=O. The first-order valence-corrected chi connectivity index (χ1v) is 9.07. The molecule has 0 saturated carbocycles. The van der Waals surface area contributed by atoms with E-state index in [-0.39, 0.29) is 40.3 Å². The van der Waals surface area contributed by atoms with Gasteiger partial charge in [0.05, 0.1) is 11.3 Å². The molecule has 1 amide bonds. The number of carbonyl (C=O) groups excluding carboxylic acids is 1. The molecule has 0 heterocycles. The second-order valence-electron chi connectivity index (χ2n) is 7.23. The maximum Gasteiger partial charge on any atom is 0.257 e. The van der Waals surface area contributed by atoms with Gasteiger partial charge in [0.25, 0.3) is 16.8 Å². The van der Waals surface area contributed by atoms with Crippen LogP contribution in [-0.2, 0) is 0 Å². The number of nitrogens with zero attached hydrogens (tertiary/aromatic N) is 1. The third kappa shape index (κ3) is 4.30. The number of aromatic hydroxyl groups is 1. The monoisotopic (exact) mass is 373 g/mol. The zero-order chi connectivity index (χ0) is 20.3. The molecule has 0 aliphatic heterocycles. The van der Waals surface area contributed by atoms with E-state index in [0.29, 0.717) is 5.92 Å². The molecule has 3 N–H and O–H groups in total. The Bertz CT molecular complexity index is 897. The Hall–Kier alpha value is -2.83. The lowest BCUT2D eigenvalue weighted by Gasteiger charge is -2.22. The van der Waals surface area contributed by atoms with E-state index in [1.54, 1.807) is 26.2 Å². The molecule has 0 aromatic heterocycles. The Morgan fingerprint density at radius 2 is 1.78 bits per heavy atom. The molecule has 0 saturated heterocycles. The minimum atomic E-state index is -0.642. The molecule has 7 heteroatoms. The number of rotatable bonds is 8. The van der Waals surface area contributed by atoms with Gasteiger partial charge < -0.3 is 20.6 Å². The van der Waals surface area contributed by atoms with E-state index in [1.165, 1.54) is 11.0 Å². The van der Waals surface area contributed by atoms with Crippen LogP contribution in [0.15, 0.2) is 27.8 Å². The first-order chi connectivity index (χ1) is 12.7. The van der Waals surface area contributed by atoms with Crippen LogP contribution < -0.4 is 21.5 Å². The second kappa shape index (κ2) is 8.24. The normalized spacial score (nSPS) is 13.2. The summed E-state index contributed by atoms with van der Waals surface area (Å²) in [6.07, 6.45) is 1.90. The maximum atomic E-state index is 12.1. The summed E-state index contributed by atoms with van der Waals surface area (Å²) in [6.45, 7) is 6.19. The third-order valence-electron chi connectivity index (χ3n) is 4.69. The van der Waals surface area contributed by atoms with E-state index < -0.39 is 10.9 Å². The number of nitrogens with one attached hydrogen (secondary N) is 2. The lowest BCUT2D eigenvalue weighted by atomic mass is 9.99. The van der Waals surface area contributed by atoms with Gasteiger partial charge in [-0.3, -0.25) is 14.4 Å². The van der Waals surface area contributed by atoms with Gasteiger partial charge >= 0.3 is 0 Å². The summed E-state index contributed by atoms with van der Waals surface area (Å²) in [7, 11) is 3.17. The van der Waals surface area contributed by atoms with Gasteiger partial charge in [0, 0.05) is 20.1 Å². The lowest BCUT2D eigenvalue weighted by molar-refractivity contribution is 0.0824. The predicted octanol–water partition coefficient (Wildman–Crippen LogP) is 2.67. The summed E-state index contributed by atoms with van der Waals surface area (Å²) in [5.74, 6) is -0.127. The number of anilines is 3. The molecule has 2 rings (SSSR count). The van der Waals surface area contributed by atoms with Gasteiger partial charge in [0.1, 0.15) is 11.4 Å². The molecule has 0 radical (unpaired) electrons. The van der Waals surface area contributed by atoms with Gasteiger partial charge in [-0.25, -0.2) is 0 Å². The second-order valence-corrected chi connectivity index (χ2v) is 7.23. The zero-order valence-corrected chi connectivity index (χ0v) is 16.4. The van der Waals surface area contributed by atoms with Gasteiger partial charge in [-0.2, -0.15) is 0 Å². The fourth-order valence-electron chi connectivity index (χ4n) is 2.92. The highest BCUT2D eigenvalue weighted by atomic mass is 16.3. The van der Waals surface area contributed by atoms with Crippen LogP contribution in [0.1, 0.15) is 44.0 Å². The van der Waals surface area contributed by atoms with Crippen LogP contribution in [0, 0.1) is 5.92 Å². The highest BCUT2D eigenvalue weighted by Crippen LogP contribution is 2.32. The van der Waals surface area contributed by atoms with Crippen LogP contribution in [0.4, 0.5) is 17.1 Å². The minimum absolute atomic E-state index is 0.0269. The van der Waals surface area contributed by atoms with Gasteiger partial charge in [0.15, 0.2) is 5.75 Å². The van der Waals surface area contributed by atoms with Crippen molar-refractivity contribution in [1.82, 2.24) is 4.90 Å². The molecular formula is C20H27N3O4. The molecule has 27 heavy (non-hydrogen) atoms. The van der Waals surface area contributed by atoms with Gasteiger partial charge in [-0.05, 0) is 31.4 Å². The highest BCUT2D eigenvalue weighted by molar-refractivity contribution is 5.99. The quantitative estimate of drug-likeness (QED) is 0.486. The number of phenolic OH excluding ortho intramolecular Hbond substituents is 1. The van der Waals surface area contributed by atoms with Gasteiger partial charge in [-0.15, -0.1) is 0 Å². The predicted molar refractivity (Wildman–Crippen MR) is 108 cm³/mol. The van der Waals surface area contributed by atoms with Crippen LogP contribution in [0.25, 0.3) is 0 Å². The van der Waals surface area contributed by atoms with Gasteiger partial charge in [0.2, 0.25) is 0 Å². The molecule has 2 atom stereocenters. The molecule has 0 aliphatic rings. The average Bonchev–Trinajstić information content (AvgIpc) is 2.64. The molecular weight excluding hydrogens is 346 g/mol. The minimum Gasteiger partial charge on any atom is -0.505 e. The zero-order valence-electron chi connectivity index (χ0n) is 16.4. The Kier molecular flexibility index (Phi) is 6.25. The molecule has 0 spiro atoms. The van der Waals surface area contributed by atoms with Crippen molar-refractivity contribution in [2.24, 2.45) is 5.92 Å². The summed E-state index contributed by atoms with van der Waals surface area (Å²) in [4.78, 5) is 37.5. The number of phenols is 1. The molecule has 146 valence electrons. The molecule has 2 unspecified atom stereocenters. The van der Waals surface area contributed by atoms with E-state index in [9.17, 15) is 19.5 Å². The van der Waals surface area contributed by atoms with Crippen molar-refractivity contribution < 1.29 is 9.90 Å². The number of para-hydroxylation sites is 1. The number of amides is 1. The molecule has 2 aromatic rings. The first kappa shape index (κ1) is 20.5. The Morgan fingerprint density at radius 3 is 2.37 bits per heavy atom. The molecule has 0 bridgehead atoms. The van der Waals surface area contributed by atoms with Crippen LogP contribution in [-0.4, -0.2) is 36.1 Å². The first-order valence-electron chi connectivity index (χ1n) is 9.07. The number of hydrogen-bond acceptors (Lipinski definition) is 6. The van der Waals surface area contributed by atoms with Gasteiger partial charge in [-0.1, -0.05) is 26.3 Å². The summed E-state index contributed by atoms with van der Waals surface area (Å²) in [5, 5.41) is 16.3. The summed E-state index contributed by atoms with van der Waals surface area (Å²) >= 11 is 0. The molecule has 0 fully saturated rings. The lowest BCUT2D eigenvalue weighted by Crippen LogP contribution is -2.38. The maximum absolute atomic E-state index is 12.1. The topological polar surface area (TPSA) is 98.7 Å². The Morgan fingerprint density at radius 1 is 1.15 bits per heavy atom. The van der Waals surface area contributed by atoms with Crippen molar-refractivity contribution in [2.75, 3.05) is 24.7 Å². The average molecular weight is 373 g/mol. The van der Waals surface area contributed by atoms with E-state index >= 15 is 0 Å². The standard InChI is InChI=1S/C20H27N3O4/c1-6-11(2)10-12(3)21-15-16(19(26)18(15)25)22-14-9-7-8-13(17(14)24)20(27)23(4)5/h7-9,11-12,21-22,24H,6,10H2,1-5H3. The summed E-state index contributed by atoms with van der Waals surface area (Å²) in [6, 6.07) is 4.67. The molecule has 0 aliphatic carbocycles. The van der Waals surface area contributed by atoms with Crippen LogP contribution in [0.3, 0.4) is 0 Å². The van der Waals surface area contributed by atoms with Crippen LogP contribution in [0.2, 0.25) is 0 Å². The Balaban J connectivity index is 2.26. The van der Waals surface area contributed by atoms with E-state index in [2.05, 4.69) is 24.5 Å². The number of hydrogen-bond donors (Lipinski definition) is 3. The number of benzene rings is 1. The fourth-order valence-corrected chi connectivity index (χ4v) is 2.92. The van der Waals surface area contributed by atoms with E-state index in [1.807, 2.05) is 6.92 Å². The summed E-state index contributed by atoms with van der Waals surface area (Å²) < 4.78 is 0. The van der Waals surface area contributed by atoms with Crippen molar-refractivity contribution in [1.29, 1.82) is 0 Å². The van der Waals surface area contributed by atoms with Crippen molar-refractivity contribution in [3.63, 3.8) is 0 Å². The largest absolute Gasteiger partial charge is 0.505 e. The smallest absolute Gasteiger partial charge is 0.257 e. The van der Waals surface area contributed by atoms with Crippen LogP contribution in [0.5, 0.6) is 5.75 Å². The van der Waals surface area contributed by atoms with E-state index in [0.717, 1.165) is 12.8 Å². The van der Waals surface area contributed by atoms with Crippen molar-refractivity contribution >= 4 is 23.0 Å². The van der Waals surface area contributed by atoms with Crippen molar-refractivity contribution in [3.05, 3.63) is 44.2 Å². The third-order valence-corrected chi connectivity index (χ3v) is 4.69. The highest BCUT2D eigenvalue weighted by Gasteiger charge is 2.24. The van der Waals surface area contributed by atoms with Crippen molar-refractivity contribution in [2.45, 2.75) is 39.7 Å². The number of carbonyl (C=O) groups is 1. The van der Waals surface area contributed by atoms with Crippen molar-refractivity contribution in [3.8, 4) is 5.75 Å².